The van der Waals surface area contributed by atoms with E-state index in [2.05, 4.69) is 15.3 Å². The molecule has 8 nitrogen and oxygen atoms in total. The Bertz CT molecular complexity index is 1610. The van der Waals surface area contributed by atoms with Gasteiger partial charge < -0.3 is 19.4 Å². The highest BCUT2D eigenvalue weighted by molar-refractivity contribution is 7.11. The minimum atomic E-state index is -0.836. The average molecular weight is 575 g/mol. The second-order valence-electron chi connectivity index (χ2n) is 9.55. The number of aromatic nitrogens is 2. The van der Waals surface area contributed by atoms with E-state index in [1.807, 2.05) is 80.7 Å². The molecule has 0 fully saturated rings. The number of amides is 2. The Morgan fingerprint density at radius 2 is 1.82 bits per heavy atom. The highest BCUT2D eigenvalue weighted by Gasteiger charge is 2.28. The van der Waals surface area contributed by atoms with E-state index in [9.17, 15) is 9.59 Å². The molecular weight excluding hydrogens is 544 g/mol. The van der Waals surface area contributed by atoms with E-state index in [-0.39, 0.29) is 12.5 Å². The highest BCUT2D eigenvalue weighted by Crippen LogP contribution is 2.21. The summed E-state index contributed by atoms with van der Waals surface area (Å²) in [5.41, 5.74) is 4.31. The Kier molecular flexibility index (Phi) is 8.57. The molecule has 206 valence electrons. The van der Waals surface area contributed by atoms with E-state index in [1.165, 1.54) is 11.3 Å². The first-order valence-corrected chi connectivity index (χ1v) is 14.6. The first-order chi connectivity index (χ1) is 19.3. The standard InChI is InChI=1S/C30H30N4O4S2/c1-19-28(40-21(3)31-19)17-38-30(36)33-26(14-22-7-5-4-6-8-22)29(35)34(16-25-18-39-20(2)32-25)15-23-9-10-27-24(13-23)11-12-37-27/h4-13,18,26H,14-17H2,1-3H3,(H,33,36)/t26-/m0/s1. The second kappa shape index (κ2) is 12.4. The predicted octanol–water partition coefficient (Wildman–Crippen LogP) is 6.34. The molecule has 10 heteroatoms. The zero-order valence-corrected chi connectivity index (χ0v) is 24.2. The molecule has 0 bridgehead atoms. The molecule has 1 atom stereocenters. The minimum absolute atomic E-state index is 0.0992. The number of fused-ring (bicyclic) bond motifs is 1. The normalized spacial score (nSPS) is 11.9. The van der Waals surface area contributed by atoms with E-state index in [0.29, 0.717) is 19.5 Å². The summed E-state index contributed by atoms with van der Waals surface area (Å²) in [5.74, 6) is -0.219. The fourth-order valence-corrected chi connectivity index (χ4v) is 5.97. The van der Waals surface area contributed by atoms with Gasteiger partial charge in [-0.05, 0) is 50.1 Å². The van der Waals surface area contributed by atoms with Crippen LogP contribution in [-0.2, 0) is 35.6 Å². The Morgan fingerprint density at radius 3 is 2.55 bits per heavy atom. The lowest BCUT2D eigenvalue weighted by Crippen LogP contribution is -2.49. The SMILES string of the molecule is Cc1nc(CN(Cc2ccc3occc3c2)C(=O)[C@H](Cc2ccccc2)NC(=O)OCc2sc(C)nc2C)cs1. The first kappa shape index (κ1) is 27.5. The summed E-state index contributed by atoms with van der Waals surface area (Å²) < 4.78 is 11.0. The van der Waals surface area contributed by atoms with E-state index < -0.39 is 12.1 Å². The molecule has 0 spiro atoms. The molecule has 0 saturated carbocycles. The molecule has 40 heavy (non-hydrogen) atoms. The lowest BCUT2D eigenvalue weighted by Gasteiger charge is -2.28. The van der Waals surface area contributed by atoms with Crippen molar-refractivity contribution in [2.45, 2.75) is 52.9 Å². The zero-order chi connectivity index (χ0) is 28.1. The van der Waals surface area contributed by atoms with Gasteiger partial charge in [0.25, 0.3) is 0 Å². The van der Waals surface area contributed by atoms with Crippen LogP contribution in [0.25, 0.3) is 11.0 Å². The number of hydrogen-bond acceptors (Lipinski definition) is 8. The Balaban J connectivity index is 1.38. The van der Waals surface area contributed by atoms with Crippen molar-refractivity contribution >= 4 is 45.6 Å². The molecule has 2 aromatic carbocycles. The van der Waals surface area contributed by atoms with E-state index in [0.717, 1.165) is 48.4 Å². The van der Waals surface area contributed by atoms with Crippen molar-refractivity contribution in [3.05, 3.63) is 104 Å². The van der Waals surface area contributed by atoms with Gasteiger partial charge >= 0.3 is 6.09 Å². The predicted molar refractivity (Wildman–Crippen MR) is 156 cm³/mol. The summed E-state index contributed by atoms with van der Waals surface area (Å²) in [6, 6.07) is 16.6. The Labute approximate surface area is 240 Å². The van der Waals surface area contributed by atoms with Crippen molar-refractivity contribution in [3.8, 4) is 0 Å². The third kappa shape index (κ3) is 6.94. The maximum Gasteiger partial charge on any atom is 0.408 e. The molecule has 2 amide bonds. The van der Waals surface area contributed by atoms with Crippen molar-refractivity contribution < 1.29 is 18.7 Å². The number of carbonyl (C=O) groups excluding carboxylic acids is 2. The molecule has 3 heterocycles. The van der Waals surface area contributed by atoms with Crippen LogP contribution in [0.5, 0.6) is 0 Å². The molecule has 0 aliphatic rings. The topological polar surface area (TPSA) is 97.6 Å². The minimum Gasteiger partial charge on any atom is -0.464 e. The van der Waals surface area contributed by atoms with Crippen LogP contribution in [0.15, 0.2) is 70.7 Å². The first-order valence-electron chi connectivity index (χ1n) is 12.9. The van der Waals surface area contributed by atoms with Gasteiger partial charge in [-0.3, -0.25) is 4.79 Å². The molecule has 0 aliphatic heterocycles. The smallest absolute Gasteiger partial charge is 0.408 e. The second-order valence-corrected chi connectivity index (χ2v) is 11.9. The summed E-state index contributed by atoms with van der Waals surface area (Å²) in [7, 11) is 0. The largest absolute Gasteiger partial charge is 0.464 e. The number of aryl methyl sites for hydroxylation is 3. The van der Waals surface area contributed by atoms with Gasteiger partial charge in [-0.2, -0.15) is 0 Å². The summed E-state index contributed by atoms with van der Waals surface area (Å²) in [6.45, 7) is 6.50. The van der Waals surface area contributed by atoms with E-state index in [1.54, 1.807) is 22.5 Å². The van der Waals surface area contributed by atoms with Gasteiger partial charge in [0, 0.05) is 23.7 Å². The lowest BCUT2D eigenvalue weighted by atomic mass is 10.0. The average Bonchev–Trinajstić information content (AvgIpc) is 3.66. The summed E-state index contributed by atoms with van der Waals surface area (Å²) in [4.78, 5) is 38.7. The third-order valence-corrected chi connectivity index (χ3v) is 8.30. The fraction of sp³-hybridized carbons (Fsp3) is 0.267. The van der Waals surface area contributed by atoms with Crippen LogP contribution < -0.4 is 5.32 Å². The number of benzene rings is 2. The Hall–Kier alpha value is -4.02. The molecule has 0 unspecified atom stereocenters. The van der Waals surface area contributed by atoms with Gasteiger partial charge in [0.2, 0.25) is 5.91 Å². The van der Waals surface area contributed by atoms with Gasteiger partial charge in [-0.15, -0.1) is 22.7 Å². The number of nitrogens with zero attached hydrogens (tertiary/aromatic N) is 3. The number of thiazole rings is 2. The van der Waals surface area contributed by atoms with Crippen LogP contribution in [0.2, 0.25) is 0 Å². The number of ether oxygens (including phenoxy) is 1. The van der Waals surface area contributed by atoms with Crippen LogP contribution in [-0.4, -0.2) is 32.9 Å². The van der Waals surface area contributed by atoms with Crippen molar-refractivity contribution in [1.29, 1.82) is 0 Å². The lowest BCUT2D eigenvalue weighted by molar-refractivity contribution is -0.134. The summed E-state index contributed by atoms with van der Waals surface area (Å²) in [6.07, 6.45) is 1.32. The van der Waals surface area contributed by atoms with Crippen molar-refractivity contribution in [2.24, 2.45) is 0 Å². The number of carbonyl (C=O) groups is 2. The molecule has 0 radical (unpaired) electrons. The molecule has 0 aliphatic carbocycles. The molecule has 3 aromatic heterocycles. The van der Waals surface area contributed by atoms with E-state index >= 15 is 0 Å². The van der Waals surface area contributed by atoms with E-state index in [4.69, 9.17) is 9.15 Å². The molecule has 0 saturated heterocycles. The Morgan fingerprint density at radius 1 is 1.00 bits per heavy atom. The molecule has 5 aromatic rings. The van der Waals surface area contributed by atoms with Gasteiger partial charge in [0.1, 0.15) is 18.2 Å². The monoisotopic (exact) mass is 574 g/mol. The van der Waals surface area contributed by atoms with Crippen molar-refractivity contribution in [3.63, 3.8) is 0 Å². The quantitative estimate of drug-likeness (QED) is 0.209. The summed E-state index contributed by atoms with van der Waals surface area (Å²) in [5, 5.41) is 7.61. The van der Waals surface area contributed by atoms with Gasteiger partial charge in [-0.1, -0.05) is 36.4 Å². The summed E-state index contributed by atoms with van der Waals surface area (Å²) >= 11 is 3.03. The molecular formula is C30H30N4O4S2. The molecule has 1 N–H and O–H groups in total. The van der Waals surface area contributed by atoms with Crippen LogP contribution in [0, 0.1) is 20.8 Å². The number of rotatable bonds is 10. The van der Waals surface area contributed by atoms with Crippen molar-refractivity contribution in [1.82, 2.24) is 20.2 Å². The van der Waals surface area contributed by atoms with Gasteiger partial charge in [-0.25, -0.2) is 14.8 Å². The van der Waals surface area contributed by atoms with Gasteiger partial charge in [0.05, 0.1) is 39.1 Å². The number of furan rings is 1. The van der Waals surface area contributed by atoms with Crippen LogP contribution in [0.1, 0.15) is 37.4 Å². The molecule has 5 rings (SSSR count). The zero-order valence-electron chi connectivity index (χ0n) is 22.5. The van der Waals surface area contributed by atoms with Crippen LogP contribution >= 0.6 is 22.7 Å². The number of nitrogens with one attached hydrogen (secondary N) is 1. The highest BCUT2D eigenvalue weighted by atomic mass is 32.1. The fourth-order valence-electron chi connectivity index (χ4n) is 4.52. The maximum atomic E-state index is 14.1. The van der Waals surface area contributed by atoms with Crippen molar-refractivity contribution in [2.75, 3.05) is 0 Å². The number of hydrogen-bond donors (Lipinski definition) is 1. The third-order valence-electron chi connectivity index (χ3n) is 6.43. The van der Waals surface area contributed by atoms with Crippen LogP contribution in [0.4, 0.5) is 4.79 Å². The van der Waals surface area contributed by atoms with Gasteiger partial charge in [0.15, 0.2) is 0 Å². The van der Waals surface area contributed by atoms with Crippen LogP contribution in [0.3, 0.4) is 0 Å². The number of alkyl carbamates (subject to hydrolysis) is 1. The maximum absolute atomic E-state index is 14.1.